The van der Waals surface area contributed by atoms with E-state index in [1.165, 1.54) is 0 Å². The second-order valence-corrected chi connectivity index (χ2v) is 5.48. The van der Waals surface area contributed by atoms with Crippen LogP contribution < -0.4 is 0 Å². The minimum absolute atomic E-state index is 0. The van der Waals surface area contributed by atoms with Crippen LogP contribution >= 0.6 is 0 Å². The van der Waals surface area contributed by atoms with E-state index in [0.29, 0.717) is 0 Å². The van der Waals surface area contributed by atoms with E-state index in [4.69, 9.17) is 9.11 Å². The monoisotopic (exact) mass is 332 g/mol. The molecule has 6 nitrogen and oxygen atoms in total. The SMILES string of the molecule is F.O=S(=O)(O)C(F)(F)C(F)(F)C(F)(F)S(=O)(=O)O. The van der Waals surface area contributed by atoms with Crippen LogP contribution in [0, 0.1) is 0 Å². The van der Waals surface area contributed by atoms with Crippen molar-refractivity contribution >= 4 is 20.2 Å². The van der Waals surface area contributed by atoms with Crippen molar-refractivity contribution in [3.63, 3.8) is 0 Å². The highest BCUT2D eigenvalue weighted by molar-refractivity contribution is 7.88. The molecule has 0 saturated carbocycles. The number of hydrogen-bond donors (Lipinski definition) is 2. The molecule has 0 radical (unpaired) electrons. The molecule has 0 aliphatic carbocycles. The van der Waals surface area contributed by atoms with Gasteiger partial charge in [-0.1, -0.05) is 0 Å². The second-order valence-electron chi connectivity index (χ2n) is 2.56. The van der Waals surface area contributed by atoms with Crippen molar-refractivity contribution in [1.29, 1.82) is 0 Å². The fourth-order valence-corrected chi connectivity index (χ4v) is 1.46. The zero-order chi connectivity index (χ0) is 14.5. The maximum Gasteiger partial charge on any atom is 0.439 e. The average molecular weight is 332 g/mol. The second kappa shape index (κ2) is 4.46. The standard InChI is InChI=1S/C3H2F6O6S2.FH/c4-1(5,2(6,7)16(10,11)12)3(8,9)17(13,14)15;/h(H,10,11,12)(H,13,14,15);1H. The number of hydrogen-bond acceptors (Lipinski definition) is 4. The Balaban J connectivity index is 0. The molecule has 0 aromatic heterocycles. The predicted molar refractivity (Wildman–Crippen MR) is 40.4 cm³/mol. The van der Waals surface area contributed by atoms with E-state index in [1.54, 1.807) is 0 Å². The van der Waals surface area contributed by atoms with Crippen LogP contribution in [0.1, 0.15) is 0 Å². The van der Waals surface area contributed by atoms with Gasteiger partial charge < -0.3 is 0 Å². The lowest BCUT2D eigenvalue weighted by atomic mass is 10.3. The average Bonchev–Trinajstić information content (AvgIpc) is 1.98. The Bertz CT molecular complexity index is 459. The van der Waals surface area contributed by atoms with E-state index >= 15 is 0 Å². The van der Waals surface area contributed by atoms with Crippen molar-refractivity contribution in [2.45, 2.75) is 16.4 Å². The molecule has 0 bridgehead atoms. The van der Waals surface area contributed by atoms with Gasteiger partial charge in [0.1, 0.15) is 0 Å². The van der Waals surface area contributed by atoms with Crippen LogP contribution in [0.3, 0.4) is 0 Å². The van der Waals surface area contributed by atoms with Crippen LogP contribution in [0.15, 0.2) is 0 Å². The molecule has 112 valence electrons. The van der Waals surface area contributed by atoms with E-state index in [9.17, 15) is 43.2 Å². The summed E-state index contributed by atoms with van der Waals surface area (Å²) in [6.07, 6.45) is 0. The fraction of sp³-hybridized carbons (Fsp3) is 1.00. The minimum atomic E-state index is -7.08. The molecule has 15 heteroatoms. The van der Waals surface area contributed by atoms with E-state index in [2.05, 4.69) is 0 Å². The zero-order valence-electron chi connectivity index (χ0n) is 7.52. The quantitative estimate of drug-likeness (QED) is 0.580. The Morgan fingerprint density at radius 3 is 0.944 bits per heavy atom. The smallest absolute Gasteiger partial charge is 0.281 e. The van der Waals surface area contributed by atoms with Crippen molar-refractivity contribution in [3.8, 4) is 0 Å². The van der Waals surface area contributed by atoms with Gasteiger partial charge in [0.25, 0.3) is 0 Å². The van der Waals surface area contributed by atoms with Gasteiger partial charge in [-0.15, -0.1) is 0 Å². The summed E-state index contributed by atoms with van der Waals surface area (Å²) in [4.78, 5) is 0. The number of alkyl halides is 6. The van der Waals surface area contributed by atoms with Crippen LogP contribution in [0.5, 0.6) is 0 Å². The molecule has 0 aliphatic heterocycles. The topological polar surface area (TPSA) is 109 Å². The maximum absolute atomic E-state index is 12.4. The Kier molecular flexibility index (Phi) is 4.87. The van der Waals surface area contributed by atoms with Gasteiger partial charge in [0.05, 0.1) is 0 Å². The van der Waals surface area contributed by atoms with Crippen molar-refractivity contribution < 1.29 is 57.0 Å². The summed E-state index contributed by atoms with van der Waals surface area (Å²) in [6.45, 7) is 0. The molecular formula is C3H3F7O6S2. The molecule has 0 saturated heterocycles. The lowest BCUT2D eigenvalue weighted by Crippen LogP contribution is -2.60. The molecule has 0 fully saturated rings. The van der Waals surface area contributed by atoms with E-state index < -0.39 is 36.7 Å². The summed E-state index contributed by atoms with van der Waals surface area (Å²) in [5.41, 5.74) is 0. The number of halogens is 7. The molecule has 0 rings (SSSR count). The number of rotatable bonds is 4. The molecule has 0 atom stereocenters. The van der Waals surface area contributed by atoms with Gasteiger partial charge >= 0.3 is 36.7 Å². The first-order valence-electron chi connectivity index (χ1n) is 3.07. The van der Waals surface area contributed by atoms with Gasteiger partial charge in [-0.25, -0.2) is 0 Å². The van der Waals surface area contributed by atoms with Gasteiger partial charge in [-0.2, -0.15) is 43.2 Å². The first kappa shape index (κ1) is 19.7. The first-order chi connectivity index (χ1) is 7.00. The Hall–Kier alpha value is -0.670. The fourth-order valence-electron chi connectivity index (χ4n) is 0.493. The van der Waals surface area contributed by atoms with Crippen molar-refractivity contribution in [1.82, 2.24) is 0 Å². The molecular weight excluding hydrogens is 329 g/mol. The molecule has 0 spiro atoms. The third kappa shape index (κ3) is 2.52. The summed E-state index contributed by atoms with van der Waals surface area (Å²) < 4.78 is 128. The third-order valence-electron chi connectivity index (χ3n) is 1.38. The summed E-state index contributed by atoms with van der Waals surface area (Å²) in [6, 6.07) is 0. The normalized spacial score (nSPS) is 15.1. The summed E-state index contributed by atoms with van der Waals surface area (Å²) in [5.74, 6) is -7.08. The molecule has 18 heavy (non-hydrogen) atoms. The van der Waals surface area contributed by atoms with Gasteiger partial charge in [0, 0.05) is 0 Å². The summed E-state index contributed by atoms with van der Waals surface area (Å²) >= 11 is 0. The Morgan fingerprint density at radius 2 is 0.833 bits per heavy atom. The van der Waals surface area contributed by atoms with E-state index in [1.807, 2.05) is 0 Å². The van der Waals surface area contributed by atoms with Crippen LogP contribution in [-0.2, 0) is 20.2 Å². The zero-order valence-corrected chi connectivity index (χ0v) is 9.15. The molecule has 0 unspecified atom stereocenters. The molecule has 0 aromatic rings. The van der Waals surface area contributed by atoms with Gasteiger partial charge in [-0.3, -0.25) is 13.8 Å². The van der Waals surface area contributed by atoms with Crippen LogP contribution in [-0.4, -0.2) is 42.4 Å². The van der Waals surface area contributed by atoms with Crippen molar-refractivity contribution in [2.24, 2.45) is 0 Å². The predicted octanol–water partition coefficient (Wildman–Crippen LogP) is 0.735. The van der Waals surface area contributed by atoms with E-state index in [0.717, 1.165) is 0 Å². The lowest BCUT2D eigenvalue weighted by molar-refractivity contribution is -0.247. The van der Waals surface area contributed by atoms with Crippen LogP contribution in [0.2, 0.25) is 0 Å². The van der Waals surface area contributed by atoms with Gasteiger partial charge in [0.15, 0.2) is 0 Å². The molecule has 0 aliphatic rings. The van der Waals surface area contributed by atoms with Crippen LogP contribution in [0.4, 0.5) is 31.0 Å². The highest BCUT2D eigenvalue weighted by atomic mass is 32.2. The largest absolute Gasteiger partial charge is 0.439 e. The minimum Gasteiger partial charge on any atom is -0.281 e. The lowest BCUT2D eigenvalue weighted by Gasteiger charge is -2.28. The summed E-state index contributed by atoms with van der Waals surface area (Å²) in [7, 11) is -14.1. The molecule has 0 heterocycles. The molecule has 0 aromatic carbocycles. The van der Waals surface area contributed by atoms with Crippen molar-refractivity contribution in [3.05, 3.63) is 0 Å². The Labute approximate surface area is 94.4 Å². The molecule has 2 N–H and O–H groups in total. The summed E-state index contributed by atoms with van der Waals surface area (Å²) in [5, 5.41) is -13.6. The highest BCUT2D eigenvalue weighted by Gasteiger charge is 2.82. The first-order valence-corrected chi connectivity index (χ1v) is 5.95. The van der Waals surface area contributed by atoms with Crippen molar-refractivity contribution in [2.75, 3.05) is 0 Å². The van der Waals surface area contributed by atoms with Gasteiger partial charge in [0.2, 0.25) is 0 Å². The van der Waals surface area contributed by atoms with Crippen LogP contribution in [0.25, 0.3) is 0 Å². The van der Waals surface area contributed by atoms with Gasteiger partial charge in [-0.05, 0) is 0 Å². The highest BCUT2D eigenvalue weighted by Crippen LogP contribution is 2.50. The van der Waals surface area contributed by atoms with E-state index in [-0.39, 0.29) is 4.70 Å². The molecule has 0 amide bonds. The maximum atomic E-state index is 12.4. The third-order valence-corrected chi connectivity index (χ3v) is 3.19. The Morgan fingerprint density at radius 1 is 0.667 bits per heavy atom.